The average Bonchev–Trinajstić information content (AvgIpc) is 1.65. The van der Waals surface area contributed by atoms with Crippen molar-refractivity contribution < 1.29 is 32.3 Å². The first-order valence-corrected chi connectivity index (χ1v) is 1.51. The maximum atomic E-state index is 9.38. The van der Waals surface area contributed by atoms with Crippen LogP contribution in [-0.2, 0) is 27.2 Å². The summed E-state index contributed by atoms with van der Waals surface area (Å²) in [6.45, 7) is -0.260. The minimum atomic E-state index is -0.260. The zero-order chi connectivity index (χ0) is 4.99. The van der Waals surface area contributed by atoms with E-state index in [0.717, 1.165) is 4.90 Å². The molecule has 1 amide bonds. The Morgan fingerprint density at radius 1 is 1.86 bits per heavy atom. The third-order valence-electron chi connectivity index (χ3n) is 0.368. The van der Waals surface area contributed by atoms with Crippen LogP contribution in [0.3, 0.4) is 0 Å². The minimum Gasteiger partial charge on any atom is -0.520 e. The topological polar surface area (TPSA) is 40.5 Å². The molecule has 0 aromatic heterocycles. The van der Waals surface area contributed by atoms with E-state index in [9.17, 15) is 4.79 Å². The number of hydrogen-bond acceptors (Lipinski definition) is 2. The van der Waals surface area contributed by atoms with Gasteiger partial charge in [-0.3, -0.25) is 0 Å². The molecule has 0 aromatic rings. The van der Waals surface area contributed by atoms with Crippen molar-refractivity contribution in [3.63, 3.8) is 0 Å². The second-order valence-corrected chi connectivity index (χ2v) is 0.931. The number of aliphatic hydroxyl groups is 1. The number of hydrogen-bond donors (Lipinski definition) is 1. The normalized spacial score (nSPS) is 6.57. The maximum Gasteiger partial charge on any atom is 1.00 e. The van der Waals surface area contributed by atoms with Crippen LogP contribution in [0.15, 0.2) is 0 Å². The summed E-state index contributed by atoms with van der Waals surface area (Å²) in [6, 6.07) is 0. The fraction of sp³-hybridized carbons (Fsp3) is 0.667. The van der Waals surface area contributed by atoms with E-state index >= 15 is 0 Å². The summed E-state index contributed by atoms with van der Waals surface area (Å²) < 4.78 is 0. The fourth-order valence-electron chi connectivity index (χ4n) is 0.0289. The van der Waals surface area contributed by atoms with Crippen LogP contribution in [0.1, 0.15) is 0 Å². The number of nitrogens with zero attached hydrogens (tertiary/aromatic N) is 1. The molecule has 1 N–H and O–H groups in total. The molecular weight excluding hydrogens is 190 g/mol. The summed E-state index contributed by atoms with van der Waals surface area (Å²) >= 11 is 0. The van der Waals surface area contributed by atoms with E-state index < -0.39 is 0 Å². The molecule has 0 aromatic carbocycles. The van der Waals surface area contributed by atoms with Crippen LogP contribution >= 0.6 is 0 Å². The van der Waals surface area contributed by atoms with Gasteiger partial charge in [-0.15, -0.1) is 0 Å². The molecule has 0 heterocycles. The van der Waals surface area contributed by atoms with Gasteiger partial charge in [-0.1, -0.05) is 0 Å². The van der Waals surface area contributed by atoms with Gasteiger partial charge >= 0.3 is 22.4 Å². The van der Waals surface area contributed by atoms with Gasteiger partial charge in [-0.25, -0.2) is 0 Å². The quantitative estimate of drug-likeness (QED) is 0.264. The number of amides is 1. The molecule has 7 heavy (non-hydrogen) atoms. The van der Waals surface area contributed by atoms with Crippen LogP contribution in [0.2, 0.25) is 0 Å². The monoisotopic (exact) mass is 195 g/mol. The Bertz CT molecular complexity index is 50.2. The van der Waals surface area contributed by atoms with Crippen LogP contribution in [-0.4, -0.2) is 30.2 Å². The molecule has 0 radical (unpaired) electrons. The van der Waals surface area contributed by atoms with Crippen LogP contribution in [0, 0.1) is 0 Å². The second-order valence-electron chi connectivity index (χ2n) is 0.931. The Morgan fingerprint density at radius 3 is 2.29 bits per heavy atom. The van der Waals surface area contributed by atoms with E-state index in [0.29, 0.717) is 0 Å². The van der Waals surface area contributed by atoms with Gasteiger partial charge in [-0.2, -0.15) is 6.41 Å². The predicted octanol–water partition coefficient (Wildman–Crippen LogP) is -1.07. The third-order valence-corrected chi connectivity index (χ3v) is 0.368. The molecule has 0 aliphatic rings. The van der Waals surface area contributed by atoms with Gasteiger partial charge < -0.3 is 14.8 Å². The second kappa shape index (κ2) is 6.17. The Morgan fingerprint density at radius 2 is 2.29 bits per heavy atom. The van der Waals surface area contributed by atoms with Crippen molar-refractivity contribution in [3.8, 4) is 0 Å². The molecule has 0 rings (SSSR count). The molecule has 0 atom stereocenters. The summed E-state index contributed by atoms with van der Waals surface area (Å²) in [4.78, 5) is 10.4. The minimum absolute atomic E-state index is 0. The van der Waals surface area contributed by atoms with Gasteiger partial charge in [0.15, 0.2) is 0 Å². The third kappa shape index (κ3) is 6.17. The number of aliphatic hydroxyl groups excluding tert-OH is 1. The first kappa shape index (κ1) is 10.2. The standard InChI is InChI=1S/C3H6NO2.Ag/c1-4(2-5)3-6;/h5H,2H2,1H3;/q-1;+1. The van der Waals surface area contributed by atoms with Crippen LogP contribution in [0.4, 0.5) is 0 Å². The van der Waals surface area contributed by atoms with E-state index in [4.69, 9.17) is 5.11 Å². The smallest absolute Gasteiger partial charge is 0.520 e. The Hall–Kier alpha value is 0.170. The van der Waals surface area contributed by atoms with Gasteiger partial charge in [0.05, 0.1) is 6.73 Å². The van der Waals surface area contributed by atoms with Crippen molar-refractivity contribution in [2.24, 2.45) is 0 Å². The summed E-state index contributed by atoms with van der Waals surface area (Å²) in [5.74, 6) is 0. The number of carbonyl (C=O) groups excluding carboxylic acids is 1. The molecule has 0 aliphatic heterocycles. The first-order chi connectivity index (χ1) is 2.81. The number of rotatable bonds is 2. The van der Waals surface area contributed by atoms with Crippen molar-refractivity contribution in [2.45, 2.75) is 0 Å². The zero-order valence-electron chi connectivity index (χ0n) is 3.81. The molecule has 3 nitrogen and oxygen atoms in total. The molecule has 0 bridgehead atoms. The summed E-state index contributed by atoms with van der Waals surface area (Å²) in [5.41, 5.74) is 0. The van der Waals surface area contributed by atoms with Gasteiger partial charge in [0.2, 0.25) is 0 Å². The fourth-order valence-corrected chi connectivity index (χ4v) is 0.0289. The molecule has 0 spiro atoms. The van der Waals surface area contributed by atoms with Crippen LogP contribution < -0.4 is 0 Å². The van der Waals surface area contributed by atoms with E-state index in [1.807, 2.05) is 0 Å². The van der Waals surface area contributed by atoms with Crippen molar-refractivity contribution in [1.29, 1.82) is 0 Å². The van der Waals surface area contributed by atoms with E-state index in [-0.39, 0.29) is 29.1 Å². The SMILES string of the molecule is CN([C-]=O)CO.[Ag+]. The van der Waals surface area contributed by atoms with Crippen molar-refractivity contribution >= 4 is 6.41 Å². The van der Waals surface area contributed by atoms with Crippen molar-refractivity contribution in [1.82, 2.24) is 4.90 Å². The molecule has 0 aliphatic carbocycles. The van der Waals surface area contributed by atoms with Crippen molar-refractivity contribution in [3.05, 3.63) is 0 Å². The van der Waals surface area contributed by atoms with Crippen LogP contribution in [0.25, 0.3) is 0 Å². The maximum absolute atomic E-state index is 9.38. The molecule has 0 fully saturated rings. The first-order valence-electron chi connectivity index (χ1n) is 1.51. The van der Waals surface area contributed by atoms with E-state index in [1.165, 1.54) is 13.5 Å². The molecule has 4 heteroatoms. The molecule has 0 unspecified atom stereocenters. The molecule has 0 saturated heterocycles. The molecule has 0 saturated carbocycles. The van der Waals surface area contributed by atoms with Crippen molar-refractivity contribution in [2.75, 3.05) is 13.8 Å². The summed E-state index contributed by atoms with van der Waals surface area (Å²) in [6.07, 6.45) is 1.45. The van der Waals surface area contributed by atoms with Gasteiger partial charge in [0.25, 0.3) is 0 Å². The Balaban J connectivity index is 0. The van der Waals surface area contributed by atoms with E-state index in [1.54, 1.807) is 0 Å². The van der Waals surface area contributed by atoms with E-state index in [2.05, 4.69) is 0 Å². The Kier molecular flexibility index (Phi) is 9.00. The molecular formula is C3H6AgNO2. The zero-order valence-corrected chi connectivity index (χ0v) is 5.29. The predicted molar refractivity (Wildman–Crippen MR) is 20.5 cm³/mol. The van der Waals surface area contributed by atoms with Gasteiger partial charge in [0.1, 0.15) is 0 Å². The summed E-state index contributed by atoms with van der Waals surface area (Å²) in [5, 5.41) is 8.00. The average molecular weight is 196 g/mol. The largest absolute Gasteiger partial charge is 1.00 e. The Labute approximate surface area is 57.8 Å². The van der Waals surface area contributed by atoms with Gasteiger partial charge in [-0.05, 0) is 7.05 Å². The summed E-state index contributed by atoms with van der Waals surface area (Å²) in [7, 11) is 1.44. The van der Waals surface area contributed by atoms with Gasteiger partial charge in [0, 0.05) is 0 Å². The molecule has 46 valence electrons. The van der Waals surface area contributed by atoms with Crippen LogP contribution in [0.5, 0.6) is 0 Å².